The maximum absolute atomic E-state index is 13.1. The van der Waals surface area contributed by atoms with Gasteiger partial charge in [-0.25, -0.2) is 8.78 Å². The minimum atomic E-state index is -1.06. The SMILES string of the molecule is COc1cccc(CNC(=O)c2ccc(F)c(F)c2)c1OC. The standard InChI is InChI=1S/C16H15F2NO3/c1-21-14-5-3-4-11(15(14)22-2)9-19-16(20)10-6-7-12(17)13(18)8-10/h3-8H,9H2,1-2H3,(H,19,20). The number of rotatable bonds is 5. The van der Waals surface area contributed by atoms with E-state index in [-0.39, 0.29) is 12.1 Å². The number of nitrogens with one attached hydrogen (secondary N) is 1. The summed E-state index contributed by atoms with van der Waals surface area (Å²) in [6.07, 6.45) is 0. The van der Waals surface area contributed by atoms with E-state index in [2.05, 4.69) is 5.32 Å². The fourth-order valence-corrected chi connectivity index (χ4v) is 2.01. The Labute approximate surface area is 126 Å². The Kier molecular flexibility index (Phi) is 4.93. The number of halogens is 2. The molecule has 1 N–H and O–H groups in total. The van der Waals surface area contributed by atoms with Gasteiger partial charge in [-0.2, -0.15) is 0 Å². The first-order valence-electron chi connectivity index (χ1n) is 6.50. The average molecular weight is 307 g/mol. The van der Waals surface area contributed by atoms with Crippen molar-refractivity contribution < 1.29 is 23.0 Å². The number of ether oxygens (including phenoxy) is 2. The first-order valence-corrected chi connectivity index (χ1v) is 6.50. The molecular weight excluding hydrogens is 292 g/mol. The summed E-state index contributed by atoms with van der Waals surface area (Å²) in [5.41, 5.74) is 0.749. The monoisotopic (exact) mass is 307 g/mol. The van der Waals surface area contributed by atoms with Gasteiger partial charge in [-0.05, 0) is 24.3 Å². The molecule has 0 unspecified atom stereocenters. The van der Waals surface area contributed by atoms with Gasteiger partial charge in [0.1, 0.15) is 0 Å². The molecule has 1 amide bonds. The summed E-state index contributed by atoms with van der Waals surface area (Å²) >= 11 is 0. The molecule has 0 aliphatic heterocycles. The Morgan fingerprint density at radius 3 is 2.50 bits per heavy atom. The number of carbonyl (C=O) groups is 1. The second-order valence-electron chi connectivity index (χ2n) is 4.46. The van der Waals surface area contributed by atoms with Crippen molar-refractivity contribution in [1.29, 1.82) is 0 Å². The molecule has 4 nitrogen and oxygen atoms in total. The van der Waals surface area contributed by atoms with Crippen molar-refractivity contribution >= 4 is 5.91 Å². The molecule has 0 saturated heterocycles. The van der Waals surface area contributed by atoms with Gasteiger partial charge in [0.25, 0.3) is 5.91 Å². The van der Waals surface area contributed by atoms with Crippen molar-refractivity contribution in [1.82, 2.24) is 5.32 Å². The zero-order valence-electron chi connectivity index (χ0n) is 12.2. The fourth-order valence-electron chi connectivity index (χ4n) is 2.01. The third-order valence-electron chi connectivity index (χ3n) is 3.11. The van der Waals surface area contributed by atoms with E-state index < -0.39 is 17.5 Å². The Bertz CT molecular complexity index is 689. The van der Waals surface area contributed by atoms with Crippen molar-refractivity contribution in [2.24, 2.45) is 0 Å². The largest absolute Gasteiger partial charge is 0.493 e. The van der Waals surface area contributed by atoms with Crippen LogP contribution in [-0.4, -0.2) is 20.1 Å². The van der Waals surface area contributed by atoms with Crippen LogP contribution in [0.25, 0.3) is 0 Å². The molecule has 0 atom stereocenters. The number of amides is 1. The van der Waals surface area contributed by atoms with Crippen molar-refractivity contribution in [3.63, 3.8) is 0 Å². The van der Waals surface area contributed by atoms with Crippen molar-refractivity contribution in [3.8, 4) is 11.5 Å². The van der Waals surface area contributed by atoms with Crippen molar-refractivity contribution in [2.45, 2.75) is 6.54 Å². The molecule has 0 radical (unpaired) electrons. The Morgan fingerprint density at radius 1 is 1.09 bits per heavy atom. The molecule has 0 bridgehead atoms. The van der Waals surface area contributed by atoms with Gasteiger partial charge in [0.2, 0.25) is 0 Å². The summed E-state index contributed by atoms with van der Waals surface area (Å²) in [7, 11) is 3.01. The van der Waals surface area contributed by atoms with Gasteiger partial charge in [-0.3, -0.25) is 4.79 Å². The van der Waals surface area contributed by atoms with E-state index in [1.54, 1.807) is 18.2 Å². The van der Waals surface area contributed by atoms with E-state index in [9.17, 15) is 13.6 Å². The lowest BCUT2D eigenvalue weighted by molar-refractivity contribution is 0.0950. The Hall–Kier alpha value is -2.63. The molecule has 0 aliphatic rings. The van der Waals surface area contributed by atoms with Crippen LogP contribution in [0.2, 0.25) is 0 Å². The van der Waals surface area contributed by atoms with Crippen LogP contribution >= 0.6 is 0 Å². The third kappa shape index (κ3) is 3.33. The van der Waals surface area contributed by atoms with Crippen LogP contribution < -0.4 is 14.8 Å². The third-order valence-corrected chi connectivity index (χ3v) is 3.11. The van der Waals surface area contributed by atoms with Gasteiger partial charge >= 0.3 is 0 Å². The number of hydrogen-bond acceptors (Lipinski definition) is 3. The van der Waals surface area contributed by atoms with E-state index in [1.807, 2.05) is 0 Å². The first kappa shape index (κ1) is 15.8. The predicted molar refractivity (Wildman–Crippen MR) is 77.1 cm³/mol. The summed E-state index contributed by atoms with van der Waals surface area (Å²) in [6, 6.07) is 8.26. The van der Waals surface area contributed by atoms with Crippen LogP contribution in [0.15, 0.2) is 36.4 Å². The molecule has 22 heavy (non-hydrogen) atoms. The van der Waals surface area contributed by atoms with Gasteiger partial charge in [0.05, 0.1) is 14.2 Å². The molecule has 6 heteroatoms. The summed E-state index contributed by atoms with van der Waals surface area (Å²) in [5.74, 6) is -1.51. The number of benzene rings is 2. The zero-order valence-corrected chi connectivity index (χ0v) is 12.2. The molecule has 2 aromatic rings. The van der Waals surface area contributed by atoms with Crippen molar-refractivity contribution in [3.05, 3.63) is 59.2 Å². The average Bonchev–Trinajstić information content (AvgIpc) is 2.54. The molecule has 0 heterocycles. The Morgan fingerprint density at radius 2 is 1.86 bits per heavy atom. The van der Waals surface area contributed by atoms with Crippen molar-refractivity contribution in [2.75, 3.05) is 14.2 Å². The van der Waals surface area contributed by atoms with E-state index >= 15 is 0 Å². The highest BCUT2D eigenvalue weighted by Gasteiger charge is 2.12. The predicted octanol–water partition coefficient (Wildman–Crippen LogP) is 2.91. The normalized spacial score (nSPS) is 10.2. The van der Waals surface area contributed by atoms with E-state index in [4.69, 9.17) is 9.47 Å². The van der Waals surface area contributed by atoms with E-state index in [0.29, 0.717) is 17.1 Å². The quantitative estimate of drug-likeness (QED) is 0.924. The Balaban J connectivity index is 2.12. The number of methoxy groups -OCH3 is 2. The topological polar surface area (TPSA) is 47.6 Å². The van der Waals surface area contributed by atoms with E-state index in [1.165, 1.54) is 20.3 Å². The maximum atomic E-state index is 13.1. The van der Waals surface area contributed by atoms with Gasteiger partial charge < -0.3 is 14.8 Å². The second kappa shape index (κ2) is 6.89. The fraction of sp³-hybridized carbons (Fsp3) is 0.188. The molecule has 0 aromatic heterocycles. The highest BCUT2D eigenvalue weighted by molar-refractivity contribution is 5.94. The molecule has 116 valence electrons. The van der Waals surface area contributed by atoms with Crippen LogP contribution in [0.4, 0.5) is 8.78 Å². The zero-order chi connectivity index (χ0) is 16.1. The van der Waals surface area contributed by atoms with Gasteiger partial charge in [0.15, 0.2) is 23.1 Å². The molecule has 0 saturated carbocycles. The molecule has 2 rings (SSSR count). The van der Waals surface area contributed by atoms with Gasteiger partial charge in [-0.1, -0.05) is 12.1 Å². The summed E-state index contributed by atoms with van der Waals surface area (Å²) in [6.45, 7) is 0.165. The molecule has 0 aliphatic carbocycles. The lowest BCUT2D eigenvalue weighted by Crippen LogP contribution is -2.23. The van der Waals surface area contributed by atoms with Gasteiger partial charge in [-0.15, -0.1) is 0 Å². The molecule has 0 fully saturated rings. The van der Waals surface area contributed by atoms with Crippen LogP contribution in [0.3, 0.4) is 0 Å². The van der Waals surface area contributed by atoms with Crippen LogP contribution in [-0.2, 0) is 6.54 Å². The molecule has 2 aromatic carbocycles. The summed E-state index contributed by atoms with van der Waals surface area (Å²) in [5, 5.41) is 2.62. The first-order chi connectivity index (χ1) is 10.6. The highest BCUT2D eigenvalue weighted by Crippen LogP contribution is 2.30. The number of hydrogen-bond donors (Lipinski definition) is 1. The highest BCUT2D eigenvalue weighted by atomic mass is 19.2. The number of carbonyl (C=O) groups excluding carboxylic acids is 1. The minimum absolute atomic E-state index is 0.0424. The van der Waals surface area contributed by atoms with Crippen LogP contribution in [0, 0.1) is 11.6 Å². The lowest BCUT2D eigenvalue weighted by atomic mass is 10.1. The minimum Gasteiger partial charge on any atom is -0.493 e. The van der Waals surface area contributed by atoms with Crippen LogP contribution in [0.1, 0.15) is 15.9 Å². The maximum Gasteiger partial charge on any atom is 0.251 e. The summed E-state index contributed by atoms with van der Waals surface area (Å²) in [4.78, 5) is 12.0. The van der Waals surface area contributed by atoms with Gasteiger partial charge in [0, 0.05) is 17.7 Å². The second-order valence-corrected chi connectivity index (χ2v) is 4.46. The summed E-state index contributed by atoms with van der Waals surface area (Å²) < 4.78 is 36.4. The van der Waals surface area contributed by atoms with E-state index in [0.717, 1.165) is 12.1 Å². The number of para-hydroxylation sites is 1. The lowest BCUT2D eigenvalue weighted by Gasteiger charge is -2.13. The molecule has 0 spiro atoms. The smallest absolute Gasteiger partial charge is 0.251 e. The molecular formula is C16H15F2NO3. The van der Waals surface area contributed by atoms with Crippen LogP contribution in [0.5, 0.6) is 11.5 Å².